The van der Waals surface area contributed by atoms with Gasteiger partial charge < -0.3 is 19.9 Å². The number of carboxylic acid groups (broad SMARTS) is 1. The van der Waals surface area contributed by atoms with Crippen molar-refractivity contribution in [2.75, 3.05) is 32.9 Å². The van der Waals surface area contributed by atoms with E-state index in [4.69, 9.17) is 19.6 Å². The summed E-state index contributed by atoms with van der Waals surface area (Å²) in [6, 6.07) is 2.50. The van der Waals surface area contributed by atoms with Crippen molar-refractivity contribution in [2.24, 2.45) is 4.99 Å². The highest BCUT2D eigenvalue weighted by atomic mass is 79.9. The van der Waals surface area contributed by atoms with Gasteiger partial charge in [0, 0.05) is 40.8 Å². The Morgan fingerprint density at radius 3 is 2.82 bits per heavy atom. The molecule has 14 heteroatoms. The average Bonchev–Trinajstić information content (AvgIpc) is 3.40. The Hall–Kier alpha value is -2.81. The minimum absolute atomic E-state index is 0.0589. The third kappa shape index (κ3) is 7.24. The lowest BCUT2D eigenvalue weighted by atomic mass is 9.94. The van der Waals surface area contributed by atoms with Crippen LogP contribution >= 0.6 is 27.3 Å². The molecular formula is C25H26BrF3N4O5S. The minimum atomic E-state index is -2.99. The number of aliphatic imine (C=N–C) groups is 1. The van der Waals surface area contributed by atoms with Crippen molar-refractivity contribution in [2.45, 2.75) is 37.8 Å². The average molecular weight is 631 g/mol. The van der Waals surface area contributed by atoms with E-state index < -0.39 is 48.9 Å². The second-order valence-electron chi connectivity index (χ2n) is 8.98. The van der Waals surface area contributed by atoms with Crippen molar-refractivity contribution in [3.8, 4) is 0 Å². The highest BCUT2D eigenvalue weighted by molar-refractivity contribution is 9.10. The third-order valence-corrected chi connectivity index (χ3v) is 7.67. The molecule has 0 aliphatic carbocycles. The second kappa shape index (κ2) is 12.6. The number of likely N-dealkylation sites (tertiary alicyclic amines) is 1. The highest BCUT2D eigenvalue weighted by Gasteiger charge is 2.42. The molecule has 2 aromatic rings. The minimum Gasteiger partial charge on any atom is -0.480 e. The molecule has 1 fully saturated rings. The summed E-state index contributed by atoms with van der Waals surface area (Å²) in [6.07, 6.45) is 1.27. The van der Waals surface area contributed by atoms with E-state index in [2.05, 4.69) is 26.2 Å². The van der Waals surface area contributed by atoms with Crippen molar-refractivity contribution in [1.82, 2.24) is 15.2 Å². The van der Waals surface area contributed by atoms with E-state index in [1.165, 1.54) is 34.4 Å². The van der Waals surface area contributed by atoms with Crippen LogP contribution in [-0.4, -0.2) is 77.6 Å². The molecule has 2 N–H and O–H groups in total. The van der Waals surface area contributed by atoms with E-state index in [1.807, 2.05) is 0 Å². The van der Waals surface area contributed by atoms with Crippen molar-refractivity contribution < 1.29 is 37.3 Å². The summed E-state index contributed by atoms with van der Waals surface area (Å²) >= 11 is 4.65. The first-order chi connectivity index (χ1) is 18.6. The quantitative estimate of drug-likeness (QED) is 0.377. The number of halogens is 4. The van der Waals surface area contributed by atoms with Crippen molar-refractivity contribution >= 4 is 45.0 Å². The SMILES string of the molecule is CCOC(=O)C1=C(CN2CC(F)(F)CCC2COCC(=O)O)NC(c2nccs2)=N[C@H]1c1ccc(F)cc1Br. The summed E-state index contributed by atoms with van der Waals surface area (Å²) in [6.45, 7) is 0.308. The van der Waals surface area contributed by atoms with Crippen molar-refractivity contribution in [1.29, 1.82) is 0 Å². The van der Waals surface area contributed by atoms with Gasteiger partial charge in [-0.05, 0) is 31.0 Å². The fourth-order valence-corrected chi connectivity index (χ4v) is 5.65. The third-order valence-electron chi connectivity index (χ3n) is 6.20. The van der Waals surface area contributed by atoms with Gasteiger partial charge in [-0.15, -0.1) is 11.3 Å². The van der Waals surface area contributed by atoms with Gasteiger partial charge in [-0.2, -0.15) is 0 Å². The molecule has 210 valence electrons. The van der Waals surface area contributed by atoms with Crippen LogP contribution in [0.1, 0.15) is 36.4 Å². The molecule has 4 rings (SSSR count). The molecule has 0 spiro atoms. The number of aliphatic carboxylic acids is 1. The standard InChI is InChI=1S/C25H26BrF3N4O5S/c1-2-38-24(36)20-18(10-33-13-25(28,29)6-5-15(33)11-37-12-19(34)35)31-22(23-30-7-8-39-23)32-21(20)16-4-3-14(27)9-17(16)26/h3-4,7-9,15,21H,2,5-6,10-13H2,1H3,(H,31,32)(H,34,35)/t15?,21-/m0/s1. The van der Waals surface area contributed by atoms with Gasteiger partial charge >= 0.3 is 11.9 Å². The predicted molar refractivity (Wildman–Crippen MR) is 140 cm³/mol. The number of hydrogen-bond donors (Lipinski definition) is 2. The Kier molecular flexibility index (Phi) is 9.41. The van der Waals surface area contributed by atoms with Gasteiger partial charge in [0.05, 0.1) is 25.3 Å². The molecule has 0 amide bonds. The molecule has 1 aromatic carbocycles. The number of carboxylic acids is 1. The number of hydrogen-bond acceptors (Lipinski definition) is 9. The van der Waals surface area contributed by atoms with E-state index in [1.54, 1.807) is 18.5 Å². The van der Waals surface area contributed by atoms with E-state index in [-0.39, 0.29) is 43.9 Å². The zero-order valence-electron chi connectivity index (χ0n) is 20.8. The monoisotopic (exact) mass is 630 g/mol. The molecular weight excluding hydrogens is 605 g/mol. The number of carbonyl (C=O) groups is 2. The van der Waals surface area contributed by atoms with Gasteiger partial charge in [0.1, 0.15) is 18.5 Å². The van der Waals surface area contributed by atoms with Gasteiger partial charge in [0.25, 0.3) is 5.92 Å². The second-order valence-corrected chi connectivity index (χ2v) is 10.7. The smallest absolute Gasteiger partial charge is 0.338 e. The number of rotatable bonds is 10. The normalized spacial score (nSPS) is 21.3. The van der Waals surface area contributed by atoms with Crippen molar-refractivity contribution in [3.05, 3.63) is 61.9 Å². The Morgan fingerprint density at radius 2 is 2.15 bits per heavy atom. The number of thiazole rings is 1. The first-order valence-corrected chi connectivity index (χ1v) is 13.8. The maximum absolute atomic E-state index is 14.6. The van der Waals surface area contributed by atoms with Crippen LogP contribution in [0.2, 0.25) is 0 Å². The summed E-state index contributed by atoms with van der Waals surface area (Å²) in [5.41, 5.74) is 0.831. The Bertz CT molecular complexity index is 1270. The van der Waals surface area contributed by atoms with E-state index in [0.29, 0.717) is 20.9 Å². The molecule has 0 bridgehead atoms. The van der Waals surface area contributed by atoms with Crippen LogP contribution in [-0.2, 0) is 19.1 Å². The fourth-order valence-electron chi connectivity index (χ4n) is 4.49. The molecule has 0 radical (unpaired) electrons. The number of amidine groups is 1. The molecule has 2 aliphatic rings. The van der Waals surface area contributed by atoms with Gasteiger partial charge in [-0.25, -0.2) is 27.7 Å². The Balaban J connectivity index is 1.78. The summed E-state index contributed by atoms with van der Waals surface area (Å²) in [4.78, 5) is 34.7. The number of nitrogens with one attached hydrogen (secondary N) is 1. The van der Waals surface area contributed by atoms with Crippen LogP contribution in [0.4, 0.5) is 13.2 Å². The lowest BCUT2D eigenvalue weighted by Gasteiger charge is -2.40. The number of piperidine rings is 1. The number of aromatic nitrogens is 1. The Morgan fingerprint density at radius 1 is 1.36 bits per heavy atom. The van der Waals surface area contributed by atoms with E-state index in [0.717, 1.165) is 0 Å². The van der Waals surface area contributed by atoms with Crippen LogP contribution in [0.15, 0.2) is 50.5 Å². The molecule has 0 saturated carbocycles. The Labute approximate surface area is 234 Å². The van der Waals surface area contributed by atoms with E-state index in [9.17, 15) is 22.8 Å². The first kappa shape index (κ1) is 29.2. The molecule has 1 saturated heterocycles. The summed E-state index contributed by atoms with van der Waals surface area (Å²) < 4.78 is 54.0. The topological polar surface area (TPSA) is 113 Å². The molecule has 2 atom stereocenters. The first-order valence-electron chi connectivity index (χ1n) is 12.1. The maximum Gasteiger partial charge on any atom is 0.338 e. The maximum atomic E-state index is 14.6. The summed E-state index contributed by atoms with van der Waals surface area (Å²) in [5, 5.41) is 14.3. The predicted octanol–water partition coefficient (Wildman–Crippen LogP) is 4.15. The molecule has 1 unspecified atom stereocenters. The van der Waals surface area contributed by atoms with Crippen molar-refractivity contribution in [3.63, 3.8) is 0 Å². The molecule has 2 aliphatic heterocycles. The van der Waals surface area contributed by atoms with Crippen LogP contribution < -0.4 is 5.32 Å². The van der Waals surface area contributed by atoms with Gasteiger partial charge in [-0.1, -0.05) is 22.0 Å². The molecule has 9 nitrogen and oxygen atoms in total. The number of alkyl halides is 2. The molecule has 3 heterocycles. The lowest BCUT2D eigenvalue weighted by Crippen LogP contribution is -2.53. The van der Waals surface area contributed by atoms with Crippen LogP contribution in [0.25, 0.3) is 0 Å². The van der Waals surface area contributed by atoms with E-state index >= 15 is 0 Å². The van der Waals surface area contributed by atoms with Crippen LogP contribution in [0.5, 0.6) is 0 Å². The number of nitrogens with zero attached hydrogens (tertiary/aromatic N) is 3. The lowest BCUT2D eigenvalue weighted by molar-refractivity contribution is -0.144. The fraction of sp³-hybridized carbons (Fsp3) is 0.440. The zero-order valence-corrected chi connectivity index (χ0v) is 23.2. The number of carbonyl (C=O) groups excluding carboxylic acids is 1. The summed E-state index contributed by atoms with van der Waals surface area (Å²) in [7, 11) is 0. The highest BCUT2D eigenvalue weighted by Crippen LogP contribution is 2.38. The van der Waals surface area contributed by atoms with Crippen LogP contribution in [0.3, 0.4) is 0 Å². The molecule has 1 aromatic heterocycles. The number of esters is 1. The number of ether oxygens (including phenoxy) is 2. The summed E-state index contributed by atoms with van der Waals surface area (Å²) in [5.74, 6) is -5.04. The van der Waals surface area contributed by atoms with Gasteiger partial charge in [-0.3, -0.25) is 9.89 Å². The van der Waals surface area contributed by atoms with Crippen LogP contribution in [0, 0.1) is 5.82 Å². The zero-order chi connectivity index (χ0) is 28.2. The number of benzene rings is 1. The van der Waals surface area contributed by atoms with Gasteiger partial charge in [0.2, 0.25) is 0 Å². The van der Waals surface area contributed by atoms with Gasteiger partial charge in [0.15, 0.2) is 10.8 Å². The molecule has 39 heavy (non-hydrogen) atoms. The largest absolute Gasteiger partial charge is 0.480 e.